The van der Waals surface area contributed by atoms with Crippen LogP contribution in [-0.4, -0.2) is 26.4 Å². The highest BCUT2D eigenvalue weighted by Crippen LogP contribution is 2.16. The normalized spacial score (nSPS) is 12.4. The van der Waals surface area contributed by atoms with Crippen LogP contribution in [0.5, 0.6) is 5.75 Å². The Morgan fingerprint density at radius 2 is 2.17 bits per heavy atom. The molecule has 0 amide bonds. The number of rotatable bonds is 9. The Morgan fingerprint density at radius 3 is 2.89 bits per heavy atom. The molecule has 0 radical (unpaired) electrons. The molecule has 0 aliphatic carbocycles. The van der Waals surface area contributed by atoms with E-state index < -0.39 is 0 Å². The van der Waals surface area contributed by atoms with E-state index in [-0.39, 0.29) is 6.10 Å². The van der Waals surface area contributed by atoms with E-state index in [1.165, 1.54) is 5.56 Å². The van der Waals surface area contributed by atoms with Gasteiger partial charge in [0.2, 0.25) is 0 Å². The third-order valence-corrected chi connectivity index (χ3v) is 2.74. The summed E-state index contributed by atoms with van der Waals surface area (Å²) >= 11 is 0. The van der Waals surface area contributed by atoms with E-state index in [1.54, 1.807) is 7.11 Å². The van der Waals surface area contributed by atoms with Crippen molar-refractivity contribution in [1.29, 1.82) is 0 Å². The monoisotopic (exact) mass is 251 g/mol. The van der Waals surface area contributed by atoms with Crippen LogP contribution in [0.3, 0.4) is 0 Å². The molecule has 0 aliphatic rings. The highest BCUT2D eigenvalue weighted by Gasteiger charge is 2.03. The zero-order valence-corrected chi connectivity index (χ0v) is 11.7. The lowest BCUT2D eigenvalue weighted by molar-refractivity contribution is 0.199. The zero-order valence-electron chi connectivity index (χ0n) is 11.7. The lowest BCUT2D eigenvalue weighted by Crippen LogP contribution is -2.18. The van der Waals surface area contributed by atoms with E-state index in [1.807, 2.05) is 12.1 Å². The minimum Gasteiger partial charge on any atom is -0.491 e. The van der Waals surface area contributed by atoms with Gasteiger partial charge in [-0.3, -0.25) is 0 Å². The standard InChI is InChI=1S/C15H25NO2/c1-4-6-13(2)18-15-8-5-7-14(11-15)12-16-9-10-17-3/h5,7-8,11,13,16H,4,6,9-10,12H2,1-3H3. The second-order valence-corrected chi connectivity index (χ2v) is 4.53. The van der Waals surface area contributed by atoms with Crippen LogP contribution in [0.1, 0.15) is 32.3 Å². The van der Waals surface area contributed by atoms with Gasteiger partial charge >= 0.3 is 0 Å². The molecule has 0 saturated carbocycles. The molecule has 0 aromatic heterocycles. The summed E-state index contributed by atoms with van der Waals surface area (Å²) in [6, 6.07) is 8.27. The summed E-state index contributed by atoms with van der Waals surface area (Å²) in [4.78, 5) is 0. The molecule has 3 heteroatoms. The van der Waals surface area contributed by atoms with Crippen LogP contribution < -0.4 is 10.1 Å². The van der Waals surface area contributed by atoms with Crippen LogP contribution in [0.25, 0.3) is 0 Å². The Kier molecular flexibility index (Phi) is 7.46. The van der Waals surface area contributed by atoms with E-state index >= 15 is 0 Å². The minimum absolute atomic E-state index is 0.284. The predicted molar refractivity (Wildman–Crippen MR) is 75.0 cm³/mol. The fourth-order valence-electron chi connectivity index (χ4n) is 1.83. The second-order valence-electron chi connectivity index (χ2n) is 4.53. The molecule has 1 N–H and O–H groups in total. The van der Waals surface area contributed by atoms with Gasteiger partial charge in [0.1, 0.15) is 5.75 Å². The van der Waals surface area contributed by atoms with Crippen LogP contribution in [-0.2, 0) is 11.3 Å². The van der Waals surface area contributed by atoms with E-state index in [0.717, 1.165) is 38.3 Å². The lowest BCUT2D eigenvalue weighted by atomic mass is 10.2. The molecule has 1 aromatic rings. The SMILES string of the molecule is CCCC(C)Oc1cccc(CNCCOC)c1. The first-order valence-electron chi connectivity index (χ1n) is 6.71. The van der Waals surface area contributed by atoms with Crippen molar-refractivity contribution in [2.75, 3.05) is 20.3 Å². The molecular weight excluding hydrogens is 226 g/mol. The molecule has 0 fully saturated rings. The molecular formula is C15H25NO2. The molecule has 1 unspecified atom stereocenters. The van der Waals surface area contributed by atoms with Crippen LogP contribution in [0.15, 0.2) is 24.3 Å². The molecule has 0 aliphatic heterocycles. The molecule has 1 aromatic carbocycles. The largest absolute Gasteiger partial charge is 0.491 e. The molecule has 1 atom stereocenters. The van der Waals surface area contributed by atoms with Gasteiger partial charge in [-0.15, -0.1) is 0 Å². The second kappa shape index (κ2) is 8.95. The highest BCUT2D eigenvalue weighted by molar-refractivity contribution is 5.28. The fraction of sp³-hybridized carbons (Fsp3) is 0.600. The number of benzene rings is 1. The van der Waals surface area contributed by atoms with E-state index in [4.69, 9.17) is 9.47 Å². The summed E-state index contributed by atoms with van der Waals surface area (Å²) in [6.45, 7) is 6.75. The Labute approximate surface area is 110 Å². The third kappa shape index (κ3) is 6.03. The van der Waals surface area contributed by atoms with Crippen molar-refractivity contribution in [1.82, 2.24) is 5.32 Å². The fourth-order valence-corrected chi connectivity index (χ4v) is 1.83. The van der Waals surface area contributed by atoms with E-state index in [2.05, 4.69) is 31.3 Å². The van der Waals surface area contributed by atoms with Gasteiger partial charge in [-0.2, -0.15) is 0 Å². The van der Waals surface area contributed by atoms with Crippen LogP contribution in [0.2, 0.25) is 0 Å². The van der Waals surface area contributed by atoms with Crippen molar-refractivity contribution in [2.45, 2.75) is 39.3 Å². The Balaban J connectivity index is 2.41. The van der Waals surface area contributed by atoms with Gasteiger partial charge in [0.05, 0.1) is 12.7 Å². The molecule has 0 bridgehead atoms. The van der Waals surface area contributed by atoms with Crippen LogP contribution in [0.4, 0.5) is 0 Å². The number of ether oxygens (including phenoxy) is 2. The van der Waals surface area contributed by atoms with Crippen molar-refractivity contribution in [2.24, 2.45) is 0 Å². The first-order chi connectivity index (χ1) is 8.76. The average molecular weight is 251 g/mol. The van der Waals surface area contributed by atoms with Crippen molar-refractivity contribution < 1.29 is 9.47 Å². The maximum Gasteiger partial charge on any atom is 0.120 e. The summed E-state index contributed by atoms with van der Waals surface area (Å²) < 4.78 is 10.9. The van der Waals surface area contributed by atoms with Crippen molar-refractivity contribution in [3.05, 3.63) is 29.8 Å². The number of hydrogen-bond donors (Lipinski definition) is 1. The van der Waals surface area contributed by atoms with Gasteiger partial charge in [0.15, 0.2) is 0 Å². The average Bonchev–Trinajstić information content (AvgIpc) is 2.35. The molecule has 0 saturated heterocycles. The van der Waals surface area contributed by atoms with E-state index in [9.17, 15) is 0 Å². The van der Waals surface area contributed by atoms with Gasteiger partial charge in [0, 0.05) is 20.2 Å². The van der Waals surface area contributed by atoms with Crippen molar-refractivity contribution in [3.8, 4) is 5.75 Å². The maximum absolute atomic E-state index is 5.87. The summed E-state index contributed by atoms with van der Waals surface area (Å²) in [5, 5.41) is 3.33. The quantitative estimate of drug-likeness (QED) is 0.684. The summed E-state index contributed by atoms with van der Waals surface area (Å²) in [5.41, 5.74) is 1.24. The third-order valence-electron chi connectivity index (χ3n) is 2.74. The molecule has 0 heterocycles. The zero-order chi connectivity index (χ0) is 13.2. The van der Waals surface area contributed by atoms with E-state index in [0.29, 0.717) is 0 Å². The highest BCUT2D eigenvalue weighted by atomic mass is 16.5. The van der Waals surface area contributed by atoms with Crippen LogP contribution >= 0.6 is 0 Å². The molecule has 0 spiro atoms. The van der Waals surface area contributed by atoms with Gasteiger partial charge in [-0.25, -0.2) is 0 Å². The number of nitrogens with one attached hydrogen (secondary N) is 1. The number of methoxy groups -OCH3 is 1. The first kappa shape index (κ1) is 15.0. The summed E-state index contributed by atoms with van der Waals surface area (Å²) in [7, 11) is 1.71. The van der Waals surface area contributed by atoms with Gasteiger partial charge < -0.3 is 14.8 Å². The summed E-state index contributed by atoms with van der Waals surface area (Å²) in [5.74, 6) is 0.960. The van der Waals surface area contributed by atoms with Gasteiger partial charge in [0.25, 0.3) is 0 Å². The molecule has 18 heavy (non-hydrogen) atoms. The lowest BCUT2D eigenvalue weighted by Gasteiger charge is -2.14. The molecule has 3 nitrogen and oxygen atoms in total. The number of hydrogen-bond acceptors (Lipinski definition) is 3. The topological polar surface area (TPSA) is 30.5 Å². The van der Waals surface area contributed by atoms with Crippen molar-refractivity contribution >= 4 is 0 Å². The van der Waals surface area contributed by atoms with Gasteiger partial charge in [-0.05, 0) is 31.0 Å². The Hall–Kier alpha value is -1.06. The predicted octanol–water partition coefficient (Wildman–Crippen LogP) is 2.99. The smallest absolute Gasteiger partial charge is 0.120 e. The van der Waals surface area contributed by atoms with Gasteiger partial charge in [-0.1, -0.05) is 25.5 Å². The van der Waals surface area contributed by atoms with Crippen molar-refractivity contribution in [3.63, 3.8) is 0 Å². The minimum atomic E-state index is 0.284. The molecule has 102 valence electrons. The Morgan fingerprint density at radius 1 is 1.33 bits per heavy atom. The summed E-state index contributed by atoms with van der Waals surface area (Å²) in [6.07, 6.45) is 2.53. The molecule has 1 rings (SSSR count). The maximum atomic E-state index is 5.87. The first-order valence-corrected chi connectivity index (χ1v) is 6.71. The van der Waals surface area contributed by atoms with Crippen LogP contribution in [0, 0.1) is 0 Å². The Bertz CT molecular complexity index is 328.